The van der Waals surface area contributed by atoms with Crippen molar-refractivity contribution < 1.29 is 14.3 Å². The zero-order chi connectivity index (χ0) is 18.1. The molecule has 0 aliphatic carbocycles. The SMILES string of the molecule is CCn1cc(C(=O)O)c(=O)c2cc(F)c(-c3ccnc(CN)n3)cc21. The lowest BCUT2D eigenvalue weighted by Gasteiger charge is -2.12. The summed E-state index contributed by atoms with van der Waals surface area (Å²) < 4.78 is 16.2. The molecule has 2 aromatic heterocycles. The molecule has 2 heterocycles. The van der Waals surface area contributed by atoms with E-state index in [1.807, 2.05) is 0 Å². The van der Waals surface area contributed by atoms with Gasteiger partial charge in [-0.1, -0.05) is 0 Å². The van der Waals surface area contributed by atoms with Crippen molar-refractivity contribution in [3.63, 3.8) is 0 Å². The number of aromatic nitrogens is 3. The molecule has 128 valence electrons. The highest BCUT2D eigenvalue weighted by molar-refractivity contribution is 5.93. The second kappa shape index (κ2) is 6.40. The van der Waals surface area contributed by atoms with Gasteiger partial charge in [-0.3, -0.25) is 4.79 Å². The summed E-state index contributed by atoms with van der Waals surface area (Å²) in [6.45, 7) is 2.33. The summed E-state index contributed by atoms with van der Waals surface area (Å²) in [5, 5.41) is 9.18. The number of nitrogens with two attached hydrogens (primary N) is 1. The minimum atomic E-state index is -1.35. The number of aromatic carboxylic acids is 1. The Morgan fingerprint density at radius 1 is 1.40 bits per heavy atom. The molecule has 0 unspecified atom stereocenters. The van der Waals surface area contributed by atoms with E-state index in [0.29, 0.717) is 23.6 Å². The van der Waals surface area contributed by atoms with Crippen molar-refractivity contribution >= 4 is 16.9 Å². The highest BCUT2D eigenvalue weighted by Gasteiger charge is 2.17. The monoisotopic (exact) mass is 342 g/mol. The van der Waals surface area contributed by atoms with Gasteiger partial charge in [-0.2, -0.15) is 0 Å². The summed E-state index contributed by atoms with van der Waals surface area (Å²) in [4.78, 5) is 31.7. The van der Waals surface area contributed by atoms with E-state index >= 15 is 0 Å². The molecule has 0 aliphatic heterocycles. The van der Waals surface area contributed by atoms with Crippen molar-refractivity contribution in [2.45, 2.75) is 20.0 Å². The number of nitrogens with zero attached hydrogens (tertiary/aromatic N) is 3. The normalized spacial score (nSPS) is 11.0. The van der Waals surface area contributed by atoms with E-state index in [1.165, 1.54) is 18.5 Å². The smallest absolute Gasteiger partial charge is 0.341 e. The van der Waals surface area contributed by atoms with Crippen molar-refractivity contribution in [1.82, 2.24) is 14.5 Å². The number of carboxylic acid groups (broad SMARTS) is 1. The zero-order valence-electron chi connectivity index (χ0n) is 13.4. The second-order valence-electron chi connectivity index (χ2n) is 5.37. The van der Waals surface area contributed by atoms with Crippen LogP contribution in [0.25, 0.3) is 22.2 Å². The number of hydrogen-bond donors (Lipinski definition) is 2. The van der Waals surface area contributed by atoms with Gasteiger partial charge < -0.3 is 15.4 Å². The van der Waals surface area contributed by atoms with E-state index in [1.54, 1.807) is 17.6 Å². The maximum Gasteiger partial charge on any atom is 0.341 e. The summed E-state index contributed by atoms with van der Waals surface area (Å²) in [5.41, 5.74) is 5.36. The first-order chi connectivity index (χ1) is 12.0. The van der Waals surface area contributed by atoms with Gasteiger partial charge in [0, 0.05) is 29.9 Å². The number of benzene rings is 1. The minimum Gasteiger partial charge on any atom is -0.477 e. The summed E-state index contributed by atoms with van der Waals surface area (Å²) >= 11 is 0. The van der Waals surface area contributed by atoms with Gasteiger partial charge in [0.1, 0.15) is 17.2 Å². The standard InChI is InChI=1S/C17H15FN4O3/c1-2-22-8-11(17(24)25)16(23)10-5-12(18)9(6-14(10)22)13-3-4-20-15(7-19)21-13/h3-6,8H,2,7,19H2,1H3,(H,24,25). The largest absolute Gasteiger partial charge is 0.477 e. The summed E-state index contributed by atoms with van der Waals surface area (Å²) in [5.74, 6) is -1.65. The number of carboxylic acids is 1. The molecule has 0 aliphatic rings. The molecule has 0 spiro atoms. The van der Waals surface area contributed by atoms with Gasteiger partial charge in [0.2, 0.25) is 5.43 Å². The van der Waals surface area contributed by atoms with E-state index in [0.717, 1.165) is 6.07 Å². The summed E-state index contributed by atoms with van der Waals surface area (Å²) in [7, 11) is 0. The topological polar surface area (TPSA) is 111 Å². The predicted octanol–water partition coefficient (Wildman–Crippen LogP) is 1.77. The molecule has 0 fully saturated rings. The van der Waals surface area contributed by atoms with Crippen molar-refractivity contribution in [2.75, 3.05) is 0 Å². The van der Waals surface area contributed by atoms with Gasteiger partial charge >= 0.3 is 5.97 Å². The Labute approximate surface area is 141 Å². The quantitative estimate of drug-likeness (QED) is 0.747. The molecule has 0 bridgehead atoms. The van der Waals surface area contributed by atoms with Crippen LogP contribution in [-0.4, -0.2) is 25.6 Å². The molecule has 0 atom stereocenters. The highest BCUT2D eigenvalue weighted by atomic mass is 19.1. The molecular weight excluding hydrogens is 327 g/mol. The van der Waals surface area contributed by atoms with Gasteiger partial charge in [-0.15, -0.1) is 0 Å². The Morgan fingerprint density at radius 3 is 2.80 bits per heavy atom. The number of pyridine rings is 1. The van der Waals surface area contributed by atoms with E-state index in [4.69, 9.17) is 10.8 Å². The third-order valence-corrected chi connectivity index (χ3v) is 3.90. The molecule has 3 aromatic rings. The van der Waals surface area contributed by atoms with E-state index < -0.39 is 22.8 Å². The number of fused-ring (bicyclic) bond motifs is 1. The van der Waals surface area contributed by atoms with Crippen LogP contribution in [0.15, 0.2) is 35.4 Å². The zero-order valence-corrected chi connectivity index (χ0v) is 13.4. The maximum absolute atomic E-state index is 14.6. The highest BCUT2D eigenvalue weighted by Crippen LogP contribution is 2.25. The van der Waals surface area contributed by atoms with Crippen LogP contribution in [0.4, 0.5) is 4.39 Å². The first-order valence-electron chi connectivity index (χ1n) is 7.58. The average Bonchev–Trinajstić information content (AvgIpc) is 2.61. The van der Waals surface area contributed by atoms with Crippen molar-refractivity contribution in [3.05, 3.63) is 58.0 Å². The van der Waals surface area contributed by atoms with Crippen LogP contribution in [0.5, 0.6) is 0 Å². The third kappa shape index (κ3) is 2.87. The Bertz CT molecular complexity index is 1050. The second-order valence-corrected chi connectivity index (χ2v) is 5.37. The predicted molar refractivity (Wildman–Crippen MR) is 89.7 cm³/mol. The lowest BCUT2D eigenvalue weighted by Crippen LogP contribution is -2.19. The van der Waals surface area contributed by atoms with Crippen LogP contribution in [-0.2, 0) is 13.1 Å². The minimum absolute atomic E-state index is 0.0103. The summed E-state index contributed by atoms with van der Waals surface area (Å²) in [6, 6.07) is 4.09. The molecule has 0 amide bonds. The fraction of sp³-hybridized carbons (Fsp3) is 0.176. The van der Waals surface area contributed by atoms with Gasteiger partial charge in [0.25, 0.3) is 0 Å². The first kappa shape index (κ1) is 16.7. The lowest BCUT2D eigenvalue weighted by atomic mass is 10.0. The van der Waals surface area contributed by atoms with Gasteiger partial charge in [0.05, 0.1) is 17.8 Å². The van der Waals surface area contributed by atoms with E-state index in [9.17, 15) is 14.0 Å². The Kier molecular flexibility index (Phi) is 4.28. The Balaban J connectivity index is 2.34. The average molecular weight is 342 g/mol. The van der Waals surface area contributed by atoms with E-state index in [-0.39, 0.29) is 17.5 Å². The number of hydrogen-bond acceptors (Lipinski definition) is 5. The molecule has 0 saturated heterocycles. The molecule has 1 aromatic carbocycles. The number of halogens is 1. The molecule has 3 rings (SSSR count). The van der Waals surface area contributed by atoms with Gasteiger partial charge in [0.15, 0.2) is 0 Å². The number of rotatable bonds is 4. The molecule has 0 radical (unpaired) electrons. The van der Waals surface area contributed by atoms with Crippen LogP contribution >= 0.6 is 0 Å². The lowest BCUT2D eigenvalue weighted by molar-refractivity contribution is 0.0695. The third-order valence-electron chi connectivity index (χ3n) is 3.90. The van der Waals surface area contributed by atoms with Crippen LogP contribution in [0, 0.1) is 5.82 Å². The van der Waals surface area contributed by atoms with Gasteiger partial charge in [-0.25, -0.2) is 19.2 Å². The molecule has 25 heavy (non-hydrogen) atoms. The van der Waals surface area contributed by atoms with Crippen molar-refractivity contribution in [2.24, 2.45) is 5.73 Å². The molecule has 7 nitrogen and oxygen atoms in total. The van der Waals surface area contributed by atoms with Crippen molar-refractivity contribution in [1.29, 1.82) is 0 Å². The van der Waals surface area contributed by atoms with Crippen LogP contribution < -0.4 is 11.2 Å². The number of aryl methyl sites for hydroxylation is 1. The number of carbonyl (C=O) groups is 1. The fourth-order valence-electron chi connectivity index (χ4n) is 2.67. The van der Waals surface area contributed by atoms with Gasteiger partial charge in [-0.05, 0) is 25.1 Å². The fourth-order valence-corrected chi connectivity index (χ4v) is 2.67. The van der Waals surface area contributed by atoms with Crippen LogP contribution in [0.1, 0.15) is 23.1 Å². The molecular formula is C17H15FN4O3. The molecule has 8 heteroatoms. The first-order valence-corrected chi connectivity index (χ1v) is 7.58. The van der Waals surface area contributed by atoms with E-state index in [2.05, 4.69) is 9.97 Å². The van der Waals surface area contributed by atoms with Crippen LogP contribution in [0.2, 0.25) is 0 Å². The Morgan fingerprint density at radius 2 is 2.16 bits per heavy atom. The maximum atomic E-state index is 14.6. The van der Waals surface area contributed by atoms with Crippen LogP contribution in [0.3, 0.4) is 0 Å². The Hall–Kier alpha value is -3.13. The summed E-state index contributed by atoms with van der Waals surface area (Å²) in [6.07, 6.45) is 2.74. The molecule has 0 saturated carbocycles. The van der Waals surface area contributed by atoms with Crippen molar-refractivity contribution in [3.8, 4) is 11.3 Å². The molecule has 3 N–H and O–H groups in total.